The van der Waals surface area contributed by atoms with Gasteiger partial charge >= 0.3 is 0 Å². The fraction of sp³-hybridized carbons (Fsp3) is 0.750. The molecule has 1 aliphatic rings. The highest BCUT2D eigenvalue weighted by molar-refractivity contribution is 5.11. The van der Waals surface area contributed by atoms with E-state index in [-0.39, 0.29) is 5.82 Å². The minimum absolute atomic E-state index is 0.148. The highest BCUT2D eigenvalue weighted by Crippen LogP contribution is 2.29. The maximum atomic E-state index is 13.6. The first kappa shape index (κ1) is 11.6. The second-order valence-corrected chi connectivity index (χ2v) is 4.91. The molecule has 0 amide bonds. The summed E-state index contributed by atoms with van der Waals surface area (Å²) >= 11 is 0. The molecule has 0 atom stereocenters. The predicted octanol–water partition coefficient (Wildman–Crippen LogP) is 2.15. The number of aryl methyl sites for hydroxylation is 1. The minimum atomic E-state index is -0.148. The van der Waals surface area contributed by atoms with E-state index in [1.807, 2.05) is 7.05 Å². The van der Waals surface area contributed by atoms with Crippen molar-refractivity contribution in [2.45, 2.75) is 38.6 Å². The van der Waals surface area contributed by atoms with E-state index in [1.54, 1.807) is 4.68 Å². The predicted molar refractivity (Wildman–Crippen MR) is 61.9 cm³/mol. The first-order valence-corrected chi connectivity index (χ1v) is 6.01. The van der Waals surface area contributed by atoms with Crippen molar-refractivity contribution >= 4 is 0 Å². The number of rotatable bonds is 2. The van der Waals surface area contributed by atoms with Crippen LogP contribution in [0.3, 0.4) is 0 Å². The van der Waals surface area contributed by atoms with Gasteiger partial charge in [-0.2, -0.15) is 5.10 Å². The average Bonchev–Trinajstić information content (AvgIpc) is 2.59. The number of likely N-dealkylation sites (tertiary alicyclic amines) is 1. The monoisotopic (exact) mass is 225 g/mol. The molecule has 3 nitrogen and oxygen atoms in total. The zero-order valence-corrected chi connectivity index (χ0v) is 10.3. The molecule has 0 N–H and O–H groups in total. The Balaban J connectivity index is 2.04. The summed E-state index contributed by atoms with van der Waals surface area (Å²) in [4.78, 5) is 2.45. The number of halogens is 1. The van der Waals surface area contributed by atoms with Crippen molar-refractivity contribution in [2.75, 3.05) is 13.1 Å². The van der Waals surface area contributed by atoms with Crippen LogP contribution in [0.25, 0.3) is 0 Å². The largest absolute Gasteiger partial charge is 0.301 e. The Bertz CT molecular complexity index is 332. The van der Waals surface area contributed by atoms with Crippen LogP contribution in [0.15, 0.2) is 6.20 Å². The van der Waals surface area contributed by atoms with Gasteiger partial charge in [0.1, 0.15) is 0 Å². The van der Waals surface area contributed by atoms with Gasteiger partial charge in [0.05, 0.1) is 11.9 Å². The van der Waals surface area contributed by atoms with Gasteiger partial charge in [-0.25, -0.2) is 4.39 Å². The molecular formula is C12H20FN3. The summed E-state index contributed by atoms with van der Waals surface area (Å²) in [6, 6.07) is 0.595. The number of hydrogen-bond donors (Lipinski definition) is 0. The fourth-order valence-electron chi connectivity index (χ4n) is 2.57. The Labute approximate surface area is 96.2 Å². The third kappa shape index (κ3) is 2.12. The van der Waals surface area contributed by atoms with E-state index in [4.69, 9.17) is 0 Å². The van der Waals surface area contributed by atoms with Crippen molar-refractivity contribution in [1.82, 2.24) is 14.7 Å². The molecule has 0 spiro atoms. The van der Waals surface area contributed by atoms with Gasteiger partial charge in [0, 0.05) is 19.0 Å². The molecule has 0 aliphatic carbocycles. The number of hydrogen-bond acceptors (Lipinski definition) is 2. The van der Waals surface area contributed by atoms with E-state index in [1.165, 1.54) is 6.20 Å². The van der Waals surface area contributed by atoms with Crippen LogP contribution in [0.5, 0.6) is 0 Å². The van der Waals surface area contributed by atoms with Crippen LogP contribution in [0, 0.1) is 5.82 Å². The molecule has 1 aromatic heterocycles. The first-order valence-electron chi connectivity index (χ1n) is 6.01. The molecule has 1 fully saturated rings. The van der Waals surface area contributed by atoms with E-state index in [9.17, 15) is 4.39 Å². The number of piperidine rings is 1. The molecule has 2 rings (SSSR count). The Morgan fingerprint density at radius 2 is 2.00 bits per heavy atom. The van der Waals surface area contributed by atoms with E-state index in [0.717, 1.165) is 31.6 Å². The van der Waals surface area contributed by atoms with E-state index >= 15 is 0 Å². The topological polar surface area (TPSA) is 21.1 Å². The third-order valence-corrected chi connectivity index (χ3v) is 3.58. The SMILES string of the molecule is CC(C)N1CCC(c2c(F)cnn2C)CC1. The Hall–Kier alpha value is -0.900. The second-order valence-electron chi connectivity index (χ2n) is 4.91. The average molecular weight is 225 g/mol. The van der Waals surface area contributed by atoms with Crippen LogP contribution >= 0.6 is 0 Å². The van der Waals surface area contributed by atoms with E-state index < -0.39 is 0 Å². The van der Waals surface area contributed by atoms with Crippen molar-refractivity contribution in [3.8, 4) is 0 Å². The molecule has 0 unspecified atom stereocenters. The summed E-state index contributed by atoms with van der Waals surface area (Å²) in [5.74, 6) is 0.188. The standard InChI is InChI=1S/C12H20FN3/c1-9(2)16-6-4-10(5-7-16)12-11(13)8-14-15(12)3/h8-10H,4-7H2,1-3H3. The first-order chi connectivity index (χ1) is 7.59. The smallest absolute Gasteiger partial charge is 0.164 e. The Morgan fingerprint density at radius 1 is 1.38 bits per heavy atom. The molecule has 4 heteroatoms. The lowest BCUT2D eigenvalue weighted by atomic mass is 9.92. The van der Waals surface area contributed by atoms with Gasteiger partial charge < -0.3 is 4.90 Å². The lowest BCUT2D eigenvalue weighted by molar-refractivity contribution is 0.168. The van der Waals surface area contributed by atoms with Crippen LogP contribution in [0.4, 0.5) is 4.39 Å². The third-order valence-electron chi connectivity index (χ3n) is 3.58. The van der Waals surface area contributed by atoms with Gasteiger partial charge in [0.25, 0.3) is 0 Å². The van der Waals surface area contributed by atoms with Crippen molar-refractivity contribution < 1.29 is 4.39 Å². The molecule has 1 aromatic rings. The molecular weight excluding hydrogens is 205 g/mol. The van der Waals surface area contributed by atoms with Gasteiger partial charge in [-0.15, -0.1) is 0 Å². The normalized spacial score (nSPS) is 19.6. The van der Waals surface area contributed by atoms with Crippen LogP contribution in [0.1, 0.15) is 38.3 Å². The zero-order chi connectivity index (χ0) is 11.7. The maximum absolute atomic E-state index is 13.6. The summed E-state index contributed by atoms with van der Waals surface area (Å²) in [5, 5.41) is 3.97. The van der Waals surface area contributed by atoms with Crippen LogP contribution in [-0.2, 0) is 7.05 Å². The Morgan fingerprint density at radius 3 is 2.44 bits per heavy atom. The molecule has 2 heterocycles. The number of nitrogens with zero attached hydrogens (tertiary/aromatic N) is 3. The molecule has 0 saturated carbocycles. The summed E-state index contributed by atoms with van der Waals surface area (Å²) < 4.78 is 15.2. The molecule has 1 aliphatic heterocycles. The van der Waals surface area contributed by atoms with Gasteiger partial charge in [0.2, 0.25) is 0 Å². The van der Waals surface area contributed by atoms with Crippen LogP contribution in [-0.4, -0.2) is 33.8 Å². The molecule has 1 saturated heterocycles. The molecule has 16 heavy (non-hydrogen) atoms. The van der Waals surface area contributed by atoms with Crippen molar-refractivity contribution in [1.29, 1.82) is 0 Å². The van der Waals surface area contributed by atoms with Crippen LogP contribution in [0.2, 0.25) is 0 Å². The van der Waals surface area contributed by atoms with Gasteiger partial charge in [0.15, 0.2) is 5.82 Å². The van der Waals surface area contributed by atoms with Crippen LogP contribution < -0.4 is 0 Å². The summed E-state index contributed by atoms with van der Waals surface area (Å²) in [7, 11) is 1.83. The molecule has 0 aromatic carbocycles. The lowest BCUT2D eigenvalue weighted by Gasteiger charge is -2.34. The Kier molecular flexibility index (Phi) is 3.28. The molecule has 90 valence electrons. The molecule has 0 radical (unpaired) electrons. The highest BCUT2D eigenvalue weighted by atomic mass is 19.1. The quantitative estimate of drug-likeness (QED) is 0.769. The lowest BCUT2D eigenvalue weighted by Crippen LogP contribution is -2.38. The number of aromatic nitrogens is 2. The van der Waals surface area contributed by atoms with Crippen molar-refractivity contribution in [2.24, 2.45) is 7.05 Å². The summed E-state index contributed by atoms with van der Waals surface area (Å²) in [5.41, 5.74) is 0.781. The van der Waals surface area contributed by atoms with Crippen molar-refractivity contribution in [3.63, 3.8) is 0 Å². The fourth-order valence-corrected chi connectivity index (χ4v) is 2.57. The van der Waals surface area contributed by atoms with Gasteiger partial charge in [-0.3, -0.25) is 4.68 Å². The maximum Gasteiger partial charge on any atom is 0.164 e. The van der Waals surface area contributed by atoms with E-state index in [2.05, 4.69) is 23.8 Å². The van der Waals surface area contributed by atoms with Crippen molar-refractivity contribution in [3.05, 3.63) is 17.7 Å². The highest BCUT2D eigenvalue weighted by Gasteiger charge is 2.26. The minimum Gasteiger partial charge on any atom is -0.301 e. The molecule has 0 bridgehead atoms. The van der Waals surface area contributed by atoms with E-state index in [0.29, 0.717) is 12.0 Å². The zero-order valence-electron chi connectivity index (χ0n) is 10.3. The second kappa shape index (κ2) is 4.53. The summed E-state index contributed by atoms with van der Waals surface area (Å²) in [6.07, 6.45) is 3.40. The summed E-state index contributed by atoms with van der Waals surface area (Å²) in [6.45, 7) is 6.55. The van der Waals surface area contributed by atoms with Gasteiger partial charge in [-0.05, 0) is 39.8 Å². The van der Waals surface area contributed by atoms with Gasteiger partial charge in [-0.1, -0.05) is 0 Å².